The van der Waals surface area contributed by atoms with Crippen LogP contribution >= 0.6 is 0 Å². The number of pyridine rings is 1. The first-order valence-electron chi connectivity index (χ1n) is 7.41. The van der Waals surface area contributed by atoms with Gasteiger partial charge in [-0.1, -0.05) is 6.92 Å². The predicted octanol–water partition coefficient (Wildman–Crippen LogP) is 2.53. The van der Waals surface area contributed by atoms with E-state index in [2.05, 4.69) is 22.2 Å². The van der Waals surface area contributed by atoms with E-state index in [1.807, 2.05) is 18.3 Å². The maximum atomic E-state index is 5.08. The molecule has 3 rings (SSSR count). The molecule has 0 aromatic carbocycles. The Hall–Kier alpha value is -2.01. The molecule has 1 atom stereocenters. The minimum atomic E-state index is 0.391. The smallest absolute Gasteiger partial charge is 0.212 e. The molecule has 0 radical (unpaired) electrons. The second-order valence-corrected chi connectivity index (χ2v) is 5.19. The van der Waals surface area contributed by atoms with E-state index >= 15 is 0 Å². The Kier molecular flexibility index (Phi) is 4.10. The van der Waals surface area contributed by atoms with Gasteiger partial charge in [0.25, 0.3) is 0 Å². The van der Waals surface area contributed by atoms with Crippen LogP contribution in [0, 0.1) is 0 Å². The Balaban J connectivity index is 1.91. The third kappa shape index (κ3) is 2.88. The quantitative estimate of drug-likeness (QED) is 0.935. The van der Waals surface area contributed by atoms with Crippen molar-refractivity contribution < 1.29 is 4.74 Å². The lowest BCUT2D eigenvalue weighted by molar-refractivity contribution is 0.398. The molecule has 1 aliphatic carbocycles. The van der Waals surface area contributed by atoms with E-state index in [9.17, 15) is 0 Å². The second-order valence-electron chi connectivity index (χ2n) is 5.19. The molecule has 0 aliphatic heterocycles. The molecule has 2 aromatic rings. The molecule has 5 nitrogen and oxygen atoms in total. The molecule has 1 N–H and O–H groups in total. The minimum absolute atomic E-state index is 0.391. The third-order valence-corrected chi connectivity index (χ3v) is 3.84. The number of aryl methyl sites for hydroxylation is 1. The zero-order valence-corrected chi connectivity index (χ0v) is 12.5. The summed E-state index contributed by atoms with van der Waals surface area (Å²) in [5, 5.41) is 3.51. The van der Waals surface area contributed by atoms with Crippen molar-refractivity contribution in [1.82, 2.24) is 20.3 Å². The van der Waals surface area contributed by atoms with Crippen LogP contribution in [0.4, 0.5) is 0 Å². The standard InChI is InChI=1S/C16H20N4O/c1-3-17-13-5-4-6-14-12(13)10-19-16(20-14)11-7-8-15(21-2)18-9-11/h7-10,13,17H,3-6H2,1-2H3. The Morgan fingerprint density at radius 3 is 2.90 bits per heavy atom. The maximum Gasteiger partial charge on any atom is 0.212 e. The van der Waals surface area contributed by atoms with Gasteiger partial charge in [0.05, 0.1) is 7.11 Å². The molecule has 0 saturated carbocycles. The molecular formula is C16H20N4O. The Morgan fingerprint density at radius 1 is 1.29 bits per heavy atom. The zero-order valence-electron chi connectivity index (χ0n) is 12.5. The van der Waals surface area contributed by atoms with Crippen molar-refractivity contribution in [1.29, 1.82) is 0 Å². The van der Waals surface area contributed by atoms with E-state index in [0.29, 0.717) is 11.9 Å². The summed E-state index contributed by atoms with van der Waals surface area (Å²) in [6.07, 6.45) is 7.07. The largest absolute Gasteiger partial charge is 0.481 e. The summed E-state index contributed by atoms with van der Waals surface area (Å²) in [4.78, 5) is 13.5. The molecule has 0 bridgehead atoms. The molecule has 5 heteroatoms. The van der Waals surface area contributed by atoms with E-state index in [1.54, 1.807) is 13.3 Å². The Morgan fingerprint density at radius 2 is 2.19 bits per heavy atom. The van der Waals surface area contributed by atoms with Gasteiger partial charge < -0.3 is 10.1 Å². The fourth-order valence-electron chi connectivity index (χ4n) is 2.78. The molecule has 1 unspecified atom stereocenters. The summed E-state index contributed by atoms with van der Waals surface area (Å²) in [5.74, 6) is 1.34. The van der Waals surface area contributed by atoms with Crippen LogP contribution in [0.1, 0.15) is 37.1 Å². The summed E-state index contributed by atoms with van der Waals surface area (Å²) in [6, 6.07) is 4.17. The molecule has 21 heavy (non-hydrogen) atoms. The summed E-state index contributed by atoms with van der Waals surface area (Å²) >= 11 is 0. The van der Waals surface area contributed by atoms with E-state index in [4.69, 9.17) is 9.72 Å². The predicted molar refractivity (Wildman–Crippen MR) is 81.2 cm³/mol. The van der Waals surface area contributed by atoms with E-state index in [1.165, 1.54) is 12.0 Å². The number of hydrogen-bond donors (Lipinski definition) is 1. The van der Waals surface area contributed by atoms with E-state index in [0.717, 1.165) is 36.5 Å². The van der Waals surface area contributed by atoms with Gasteiger partial charge in [0.1, 0.15) is 0 Å². The number of aromatic nitrogens is 3. The first-order chi connectivity index (χ1) is 10.3. The molecule has 0 spiro atoms. The lowest BCUT2D eigenvalue weighted by atomic mass is 9.92. The highest BCUT2D eigenvalue weighted by molar-refractivity contribution is 5.54. The molecule has 2 aromatic heterocycles. The van der Waals surface area contributed by atoms with Crippen molar-refractivity contribution in [3.8, 4) is 17.3 Å². The van der Waals surface area contributed by atoms with Gasteiger partial charge >= 0.3 is 0 Å². The lowest BCUT2D eigenvalue weighted by Crippen LogP contribution is -2.25. The van der Waals surface area contributed by atoms with Crippen molar-refractivity contribution in [3.05, 3.63) is 35.8 Å². The molecule has 110 valence electrons. The fraction of sp³-hybridized carbons (Fsp3) is 0.438. The zero-order chi connectivity index (χ0) is 14.7. The van der Waals surface area contributed by atoms with Crippen LogP contribution in [-0.2, 0) is 6.42 Å². The van der Waals surface area contributed by atoms with Gasteiger partial charge in [0, 0.05) is 41.3 Å². The maximum absolute atomic E-state index is 5.08. The van der Waals surface area contributed by atoms with Gasteiger partial charge in [0.15, 0.2) is 5.82 Å². The van der Waals surface area contributed by atoms with Gasteiger partial charge in [-0.2, -0.15) is 0 Å². The van der Waals surface area contributed by atoms with E-state index in [-0.39, 0.29) is 0 Å². The highest BCUT2D eigenvalue weighted by atomic mass is 16.5. The highest BCUT2D eigenvalue weighted by Crippen LogP contribution is 2.29. The molecule has 0 fully saturated rings. The third-order valence-electron chi connectivity index (χ3n) is 3.84. The van der Waals surface area contributed by atoms with Gasteiger partial charge in [-0.15, -0.1) is 0 Å². The number of fused-ring (bicyclic) bond motifs is 1. The number of rotatable bonds is 4. The van der Waals surface area contributed by atoms with Crippen LogP contribution < -0.4 is 10.1 Å². The van der Waals surface area contributed by atoms with Crippen molar-refractivity contribution >= 4 is 0 Å². The van der Waals surface area contributed by atoms with Crippen LogP contribution in [-0.4, -0.2) is 28.6 Å². The van der Waals surface area contributed by atoms with Crippen molar-refractivity contribution in [2.24, 2.45) is 0 Å². The normalized spacial score (nSPS) is 17.3. The van der Waals surface area contributed by atoms with Gasteiger partial charge in [-0.25, -0.2) is 15.0 Å². The number of nitrogens with one attached hydrogen (secondary N) is 1. The van der Waals surface area contributed by atoms with Crippen molar-refractivity contribution in [3.63, 3.8) is 0 Å². The van der Waals surface area contributed by atoms with Crippen molar-refractivity contribution in [2.75, 3.05) is 13.7 Å². The van der Waals surface area contributed by atoms with E-state index < -0.39 is 0 Å². The molecule has 1 aliphatic rings. The highest BCUT2D eigenvalue weighted by Gasteiger charge is 2.21. The van der Waals surface area contributed by atoms with Crippen LogP contribution in [0.5, 0.6) is 5.88 Å². The van der Waals surface area contributed by atoms with Crippen LogP contribution in [0.25, 0.3) is 11.4 Å². The fourth-order valence-corrected chi connectivity index (χ4v) is 2.78. The van der Waals surface area contributed by atoms with Gasteiger partial charge in [0.2, 0.25) is 5.88 Å². The number of hydrogen-bond acceptors (Lipinski definition) is 5. The Bertz CT molecular complexity index is 612. The van der Waals surface area contributed by atoms with Gasteiger partial charge in [-0.3, -0.25) is 0 Å². The minimum Gasteiger partial charge on any atom is -0.481 e. The summed E-state index contributed by atoms with van der Waals surface area (Å²) in [5.41, 5.74) is 3.32. The first kappa shape index (κ1) is 13.9. The number of nitrogens with zero attached hydrogens (tertiary/aromatic N) is 3. The van der Waals surface area contributed by atoms with Crippen LogP contribution in [0.3, 0.4) is 0 Å². The lowest BCUT2D eigenvalue weighted by Gasteiger charge is -2.25. The Labute approximate surface area is 124 Å². The van der Waals surface area contributed by atoms with Crippen molar-refractivity contribution in [2.45, 2.75) is 32.2 Å². The number of ether oxygens (including phenoxy) is 1. The first-order valence-corrected chi connectivity index (χ1v) is 7.41. The number of methoxy groups -OCH3 is 1. The second kappa shape index (κ2) is 6.18. The summed E-state index contributed by atoms with van der Waals surface area (Å²) in [7, 11) is 1.61. The molecule has 0 amide bonds. The van der Waals surface area contributed by atoms with Crippen LogP contribution in [0.2, 0.25) is 0 Å². The molecule has 0 saturated heterocycles. The molecule has 2 heterocycles. The average Bonchev–Trinajstić information content (AvgIpc) is 2.55. The SMILES string of the molecule is CCNC1CCCc2nc(-c3ccc(OC)nc3)ncc21. The summed E-state index contributed by atoms with van der Waals surface area (Å²) < 4.78 is 5.08. The average molecular weight is 284 g/mol. The summed E-state index contributed by atoms with van der Waals surface area (Å²) in [6.45, 7) is 3.10. The topological polar surface area (TPSA) is 59.9 Å². The molecular weight excluding hydrogens is 264 g/mol. The van der Waals surface area contributed by atoms with Crippen LogP contribution in [0.15, 0.2) is 24.5 Å². The monoisotopic (exact) mass is 284 g/mol. The van der Waals surface area contributed by atoms with Gasteiger partial charge in [-0.05, 0) is 31.9 Å².